The molecular formula is C32H44Cl2N6O4. The van der Waals surface area contributed by atoms with Crippen LogP contribution in [0.4, 0.5) is 5.82 Å². The number of hydrogen-bond acceptors (Lipinski definition) is 6. The highest BCUT2D eigenvalue weighted by molar-refractivity contribution is 5.98. The molecule has 0 radical (unpaired) electrons. The van der Waals surface area contributed by atoms with Crippen molar-refractivity contribution in [2.24, 2.45) is 5.73 Å². The highest BCUT2D eigenvalue weighted by Crippen LogP contribution is 2.24. The molecule has 10 nitrogen and oxygen atoms in total. The van der Waals surface area contributed by atoms with Gasteiger partial charge in [-0.25, -0.2) is 4.98 Å². The first-order chi connectivity index (χ1) is 20.2. The lowest BCUT2D eigenvalue weighted by Gasteiger charge is -2.29. The Labute approximate surface area is 271 Å². The molecule has 44 heavy (non-hydrogen) atoms. The summed E-state index contributed by atoms with van der Waals surface area (Å²) >= 11 is 0. The maximum atomic E-state index is 13.9. The molecule has 1 unspecified atom stereocenters. The van der Waals surface area contributed by atoms with Gasteiger partial charge in [-0.05, 0) is 37.8 Å². The molecule has 1 saturated heterocycles. The van der Waals surface area contributed by atoms with E-state index in [0.29, 0.717) is 0 Å². The molecule has 1 aliphatic rings. The molecule has 3 amide bonds. The number of nitrogens with zero attached hydrogens (tertiary/aromatic N) is 3. The zero-order valence-electron chi connectivity index (χ0n) is 25.3. The molecule has 0 aliphatic carbocycles. The van der Waals surface area contributed by atoms with E-state index >= 15 is 0 Å². The zero-order chi connectivity index (χ0) is 30.0. The van der Waals surface area contributed by atoms with Gasteiger partial charge in [-0.1, -0.05) is 79.9 Å². The Morgan fingerprint density at radius 2 is 1.52 bits per heavy atom. The van der Waals surface area contributed by atoms with E-state index in [0.717, 1.165) is 49.9 Å². The molecule has 0 spiro atoms. The largest absolute Gasteiger partial charge is 0.374 e. The van der Waals surface area contributed by atoms with Crippen LogP contribution in [0.5, 0.6) is 0 Å². The van der Waals surface area contributed by atoms with E-state index in [1.165, 1.54) is 6.42 Å². The normalized spacial score (nSPS) is 14.9. The number of benzene rings is 2. The van der Waals surface area contributed by atoms with Crippen molar-refractivity contribution in [2.45, 2.75) is 70.2 Å². The van der Waals surface area contributed by atoms with Crippen molar-refractivity contribution < 1.29 is 19.1 Å². The highest BCUT2D eigenvalue weighted by Gasteiger charge is 2.30. The van der Waals surface area contributed by atoms with Gasteiger partial charge in [-0.3, -0.25) is 14.4 Å². The summed E-state index contributed by atoms with van der Waals surface area (Å²) in [4.78, 5) is 46.2. The van der Waals surface area contributed by atoms with Gasteiger partial charge in [0.2, 0.25) is 11.8 Å². The van der Waals surface area contributed by atoms with Gasteiger partial charge >= 0.3 is 0 Å². The molecule has 3 aromatic rings. The minimum absolute atomic E-state index is 0. The molecule has 12 heteroatoms. The predicted octanol–water partition coefficient (Wildman–Crippen LogP) is 4.49. The summed E-state index contributed by atoms with van der Waals surface area (Å²) < 4.78 is 7.51. The van der Waals surface area contributed by atoms with Crippen LogP contribution in [0.15, 0.2) is 73.2 Å². The number of aromatic nitrogens is 2. The minimum Gasteiger partial charge on any atom is -0.374 e. The van der Waals surface area contributed by atoms with Crippen LogP contribution in [0.2, 0.25) is 0 Å². The Bertz CT molecular complexity index is 1310. The third kappa shape index (κ3) is 10.6. The van der Waals surface area contributed by atoms with Crippen LogP contribution in [-0.2, 0) is 25.7 Å². The topological polar surface area (TPSA) is 132 Å². The number of nitrogens with one attached hydrogen (secondary N) is 2. The number of halogens is 2. The molecular weight excluding hydrogens is 603 g/mol. The number of amides is 3. The number of imidazole rings is 1. The van der Waals surface area contributed by atoms with Crippen LogP contribution < -0.4 is 16.4 Å². The van der Waals surface area contributed by atoms with Crippen molar-refractivity contribution in [3.8, 4) is 0 Å². The first kappa shape index (κ1) is 36.8. The number of carbonyl (C=O) groups excluding carboxylic acids is 3. The Morgan fingerprint density at radius 1 is 0.932 bits per heavy atom. The van der Waals surface area contributed by atoms with Crippen LogP contribution in [0, 0.1) is 0 Å². The average Bonchev–Trinajstić information content (AvgIpc) is 3.40. The van der Waals surface area contributed by atoms with Crippen LogP contribution in [0.25, 0.3) is 0 Å². The Balaban J connectivity index is 0.00000337. The number of hydrogen-bond donors (Lipinski definition) is 3. The summed E-state index contributed by atoms with van der Waals surface area (Å²) in [5.41, 5.74) is 6.56. The van der Waals surface area contributed by atoms with Crippen molar-refractivity contribution in [3.05, 3.63) is 84.3 Å². The Hall–Kier alpha value is -3.44. The van der Waals surface area contributed by atoms with Gasteiger partial charge < -0.3 is 30.6 Å². The molecule has 2 heterocycles. The molecule has 2 atom stereocenters. The predicted molar refractivity (Wildman–Crippen MR) is 176 cm³/mol. The zero-order valence-corrected chi connectivity index (χ0v) is 26.9. The van der Waals surface area contributed by atoms with Crippen LogP contribution in [-0.4, -0.2) is 63.4 Å². The van der Waals surface area contributed by atoms with E-state index in [9.17, 15) is 14.4 Å². The van der Waals surface area contributed by atoms with Crippen LogP contribution >= 0.6 is 24.8 Å². The summed E-state index contributed by atoms with van der Waals surface area (Å²) in [6.07, 6.45) is 8.61. The number of nitrogens with two attached hydrogens (primary N) is 1. The van der Waals surface area contributed by atoms with E-state index in [-0.39, 0.29) is 49.8 Å². The fourth-order valence-corrected chi connectivity index (χ4v) is 4.87. The van der Waals surface area contributed by atoms with E-state index in [2.05, 4.69) is 15.6 Å². The van der Waals surface area contributed by atoms with E-state index in [1.807, 2.05) is 65.6 Å². The van der Waals surface area contributed by atoms with Gasteiger partial charge in [0.1, 0.15) is 12.1 Å². The summed E-state index contributed by atoms with van der Waals surface area (Å²) in [6.45, 7) is 4.79. The molecule has 4 N–H and O–H groups in total. The lowest BCUT2D eigenvalue weighted by Crippen LogP contribution is -2.56. The molecule has 2 aromatic carbocycles. The summed E-state index contributed by atoms with van der Waals surface area (Å²) in [6, 6.07) is 17.5. The number of rotatable bonds is 11. The number of ether oxygens (including phenoxy) is 1. The maximum absolute atomic E-state index is 13.9. The minimum atomic E-state index is -1.19. The van der Waals surface area contributed by atoms with Gasteiger partial charge in [-0.15, -0.1) is 24.8 Å². The third-order valence-corrected chi connectivity index (χ3v) is 7.27. The van der Waals surface area contributed by atoms with Crippen molar-refractivity contribution in [3.63, 3.8) is 0 Å². The van der Waals surface area contributed by atoms with Crippen LogP contribution in [0.3, 0.4) is 0 Å². The SMILES string of the molecule is CC(C)(N)C(=O)N[C@H](COCc1ccccc1)C(=O)Nc1cn(C(C(=O)N2CCCCCCC2)c2ccccc2)cn1.Cl.Cl. The second kappa shape index (κ2) is 17.8. The summed E-state index contributed by atoms with van der Waals surface area (Å²) in [7, 11) is 0. The quantitative estimate of drug-likeness (QED) is 0.281. The molecule has 0 saturated carbocycles. The highest BCUT2D eigenvalue weighted by atomic mass is 35.5. The number of carbonyl (C=O) groups is 3. The maximum Gasteiger partial charge on any atom is 0.250 e. The monoisotopic (exact) mass is 646 g/mol. The van der Waals surface area contributed by atoms with E-state index in [1.54, 1.807) is 30.9 Å². The van der Waals surface area contributed by atoms with E-state index < -0.39 is 29.4 Å². The first-order valence-electron chi connectivity index (χ1n) is 14.6. The molecule has 240 valence electrons. The van der Waals surface area contributed by atoms with Crippen LogP contribution in [0.1, 0.15) is 63.1 Å². The molecule has 1 aromatic heterocycles. The van der Waals surface area contributed by atoms with Gasteiger partial charge in [0.15, 0.2) is 5.82 Å². The fraction of sp³-hybridized carbons (Fsp3) is 0.438. The van der Waals surface area contributed by atoms with Gasteiger partial charge in [0.05, 0.1) is 25.1 Å². The standard InChI is InChI=1S/C32H42N6O4.2ClH/c1-32(2,33)31(41)35-26(22-42-21-24-14-8-6-9-15-24)29(39)36-27-20-38(23-34-27)28(25-16-10-7-11-17-25)30(40)37-18-12-4-3-5-13-19-37;;/h6-11,14-17,20,23,26,28H,3-5,12-13,18-19,21-22,33H2,1-2H3,(H,35,41)(H,36,39);2*1H/t26-,28?;;/m1../s1. The first-order valence-corrected chi connectivity index (χ1v) is 14.6. The van der Waals surface area contributed by atoms with Gasteiger partial charge in [-0.2, -0.15) is 0 Å². The molecule has 0 bridgehead atoms. The van der Waals surface area contributed by atoms with Crippen molar-refractivity contribution in [2.75, 3.05) is 25.0 Å². The van der Waals surface area contributed by atoms with Gasteiger partial charge in [0, 0.05) is 19.3 Å². The fourth-order valence-electron chi connectivity index (χ4n) is 4.87. The van der Waals surface area contributed by atoms with Crippen molar-refractivity contribution in [1.29, 1.82) is 0 Å². The van der Waals surface area contributed by atoms with E-state index in [4.69, 9.17) is 10.5 Å². The summed E-state index contributed by atoms with van der Waals surface area (Å²) in [5.74, 6) is -0.726. The summed E-state index contributed by atoms with van der Waals surface area (Å²) in [5, 5.41) is 5.47. The average molecular weight is 648 g/mol. The second-order valence-corrected chi connectivity index (χ2v) is 11.4. The number of anilines is 1. The van der Waals surface area contributed by atoms with Crippen molar-refractivity contribution >= 4 is 48.4 Å². The Morgan fingerprint density at radius 3 is 2.14 bits per heavy atom. The second-order valence-electron chi connectivity index (χ2n) is 11.4. The molecule has 1 aliphatic heterocycles. The smallest absolute Gasteiger partial charge is 0.250 e. The lowest BCUT2D eigenvalue weighted by molar-refractivity contribution is -0.134. The van der Waals surface area contributed by atoms with Crippen molar-refractivity contribution in [1.82, 2.24) is 19.8 Å². The number of likely N-dealkylation sites (tertiary alicyclic amines) is 1. The lowest BCUT2D eigenvalue weighted by atomic mass is 10.0. The Kier molecular flexibility index (Phi) is 14.8. The molecule has 4 rings (SSSR count). The molecule has 1 fully saturated rings. The van der Waals surface area contributed by atoms with Gasteiger partial charge in [0.25, 0.3) is 5.91 Å². The third-order valence-electron chi connectivity index (χ3n) is 7.27.